The molecular weight excluding hydrogens is 264 g/mol. The molecule has 0 saturated heterocycles. The first kappa shape index (κ1) is 16.2. The van der Waals surface area contributed by atoms with Crippen molar-refractivity contribution in [3.8, 4) is 0 Å². The van der Waals surface area contributed by atoms with Gasteiger partial charge in [-0.25, -0.2) is 0 Å². The second-order valence-electron chi connectivity index (χ2n) is 4.21. The molecule has 2 rings (SSSR count). The van der Waals surface area contributed by atoms with Crippen LogP contribution < -0.4 is 0 Å². The number of aromatic nitrogens is 1. The minimum atomic E-state index is 0.903. The van der Waals surface area contributed by atoms with Crippen LogP contribution in [0.2, 0.25) is 0 Å². The number of hydrogen-bond acceptors (Lipinski definition) is 3. The molecule has 0 saturated carbocycles. The molecule has 1 heterocycles. The van der Waals surface area contributed by atoms with Gasteiger partial charge in [-0.1, -0.05) is 42.6 Å². The third-order valence-corrected chi connectivity index (χ3v) is 3.35. The Morgan fingerprint density at radius 1 is 1.20 bits per heavy atom. The average Bonchev–Trinajstić information content (AvgIpc) is 2.43. The summed E-state index contributed by atoms with van der Waals surface area (Å²) < 4.78 is 0. The van der Waals surface area contributed by atoms with Gasteiger partial charge in [0.25, 0.3) is 0 Å². The highest BCUT2D eigenvalue weighted by atomic mass is 32.2. The van der Waals surface area contributed by atoms with Gasteiger partial charge < -0.3 is 0 Å². The maximum atomic E-state index is 4.02. The van der Waals surface area contributed by atoms with E-state index in [1.165, 1.54) is 10.5 Å². The van der Waals surface area contributed by atoms with E-state index in [-0.39, 0.29) is 0 Å². The van der Waals surface area contributed by atoms with E-state index in [0.29, 0.717) is 0 Å². The van der Waals surface area contributed by atoms with Gasteiger partial charge in [0.2, 0.25) is 0 Å². The third-order valence-electron chi connectivity index (χ3n) is 2.33. The van der Waals surface area contributed by atoms with Gasteiger partial charge in [-0.05, 0) is 42.5 Å². The standard InChI is InChI=1S/C10H12S.C7H8N2/c1-8(2)11-10-7-5-4-6-9(10)3;1-8-6-7-4-2-3-5-9-7/h4-7H,1H2,2-3H3;2-6H,1H3. The number of aryl methyl sites for hydroxylation is 1. The fraction of sp³-hybridized carbons (Fsp3) is 0.176. The van der Waals surface area contributed by atoms with E-state index < -0.39 is 0 Å². The molecule has 0 amide bonds. The highest BCUT2D eigenvalue weighted by Gasteiger charge is 1.95. The molecule has 1 aromatic heterocycles. The van der Waals surface area contributed by atoms with Gasteiger partial charge in [-0.15, -0.1) is 0 Å². The number of hydrogen-bond donors (Lipinski definition) is 0. The summed E-state index contributed by atoms with van der Waals surface area (Å²) in [6.45, 7) is 8.00. The molecular formula is C17H20N2S. The second kappa shape index (κ2) is 9.10. The summed E-state index contributed by atoms with van der Waals surface area (Å²) in [5, 5.41) is 0. The Labute approximate surface area is 125 Å². The van der Waals surface area contributed by atoms with Crippen LogP contribution in [-0.2, 0) is 0 Å². The molecule has 0 bridgehead atoms. The van der Waals surface area contributed by atoms with Crippen molar-refractivity contribution in [1.29, 1.82) is 0 Å². The second-order valence-corrected chi connectivity index (χ2v) is 5.55. The maximum Gasteiger partial charge on any atom is 0.0807 e. The highest BCUT2D eigenvalue weighted by molar-refractivity contribution is 8.03. The zero-order valence-corrected chi connectivity index (χ0v) is 13.0. The molecule has 3 heteroatoms. The van der Waals surface area contributed by atoms with Crippen molar-refractivity contribution in [1.82, 2.24) is 4.98 Å². The zero-order valence-electron chi connectivity index (χ0n) is 12.2. The summed E-state index contributed by atoms with van der Waals surface area (Å²) in [5.41, 5.74) is 2.22. The first-order valence-corrected chi connectivity index (χ1v) is 7.17. The van der Waals surface area contributed by atoms with Crippen molar-refractivity contribution in [2.75, 3.05) is 7.05 Å². The van der Waals surface area contributed by atoms with E-state index in [9.17, 15) is 0 Å². The third kappa shape index (κ3) is 6.34. The summed E-state index contributed by atoms with van der Waals surface area (Å²) in [7, 11) is 1.73. The Morgan fingerprint density at radius 3 is 2.45 bits per heavy atom. The zero-order chi connectivity index (χ0) is 14.8. The quantitative estimate of drug-likeness (QED) is 0.600. The molecule has 2 aromatic rings. The van der Waals surface area contributed by atoms with Crippen molar-refractivity contribution in [2.45, 2.75) is 18.7 Å². The number of allylic oxidation sites excluding steroid dienone is 1. The molecule has 0 unspecified atom stereocenters. The van der Waals surface area contributed by atoms with Crippen LogP contribution in [0, 0.1) is 6.92 Å². The normalized spacial score (nSPS) is 9.95. The summed E-state index contributed by atoms with van der Waals surface area (Å²) >= 11 is 1.73. The Hall–Kier alpha value is -1.87. The number of rotatable bonds is 3. The van der Waals surface area contributed by atoms with E-state index in [0.717, 1.165) is 10.6 Å². The molecule has 0 radical (unpaired) electrons. The van der Waals surface area contributed by atoms with E-state index in [1.807, 2.05) is 25.1 Å². The smallest absolute Gasteiger partial charge is 0.0807 e. The van der Waals surface area contributed by atoms with Crippen LogP contribution >= 0.6 is 11.8 Å². The lowest BCUT2D eigenvalue weighted by Gasteiger charge is -2.02. The van der Waals surface area contributed by atoms with E-state index >= 15 is 0 Å². The molecule has 104 valence electrons. The molecule has 0 spiro atoms. The lowest BCUT2D eigenvalue weighted by Crippen LogP contribution is -1.82. The molecule has 0 N–H and O–H groups in total. The Kier molecular flexibility index (Phi) is 7.36. The summed E-state index contributed by atoms with van der Waals surface area (Å²) in [6.07, 6.45) is 3.47. The van der Waals surface area contributed by atoms with Crippen LogP contribution in [0.15, 0.2) is 70.0 Å². The number of pyridine rings is 1. The van der Waals surface area contributed by atoms with Crippen LogP contribution in [0.1, 0.15) is 18.2 Å². The van der Waals surface area contributed by atoms with Gasteiger partial charge in [0.15, 0.2) is 0 Å². The molecule has 2 nitrogen and oxygen atoms in total. The first-order valence-electron chi connectivity index (χ1n) is 6.35. The van der Waals surface area contributed by atoms with Gasteiger partial charge in [-0.3, -0.25) is 9.98 Å². The van der Waals surface area contributed by atoms with Crippen LogP contribution in [0.5, 0.6) is 0 Å². The number of thioether (sulfide) groups is 1. The predicted molar refractivity (Wildman–Crippen MR) is 89.6 cm³/mol. The first-order chi connectivity index (χ1) is 9.63. The Balaban J connectivity index is 0.000000204. The number of nitrogens with zero attached hydrogens (tertiary/aromatic N) is 2. The minimum absolute atomic E-state index is 0.903. The average molecular weight is 284 g/mol. The molecule has 0 fully saturated rings. The van der Waals surface area contributed by atoms with E-state index in [1.54, 1.807) is 31.2 Å². The molecule has 0 aliphatic rings. The van der Waals surface area contributed by atoms with Gasteiger partial charge >= 0.3 is 0 Å². The summed E-state index contributed by atoms with van der Waals surface area (Å²) in [6, 6.07) is 14.1. The molecule has 0 aliphatic carbocycles. The number of benzene rings is 1. The molecule has 1 aromatic carbocycles. The largest absolute Gasteiger partial charge is 0.294 e. The van der Waals surface area contributed by atoms with Crippen molar-refractivity contribution >= 4 is 18.0 Å². The lowest BCUT2D eigenvalue weighted by molar-refractivity contribution is 1.29. The van der Waals surface area contributed by atoms with Crippen molar-refractivity contribution in [3.63, 3.8) is 0 Å². The molecule has 20 heavy (non-hydrogen) atoms. The fourth-order valence-electron chi connectivity index (χ4n) is 1.44. The fourth-order valence-corrected chi connectivity index (χ4v) is 2.19. The van der Waals surface area contributed by atoms with E-state index in [2.05, 4.69) is 47.7 Å². The predicted octanol–water partition coefficient (Wildman–Crippen LogP) is 4.75. The minimum Gasteiger partial charge on any atom is -0.294 e. The van der Waals surface area contributed by atoms with Crippen LogP contribution in [0.25, 0.3) is 0 Å². The van der Waals surface area contributed by atoms with Crippen molar-refractivity contribution < 1.29 is 0 Å². The number of aliphatic imine (C=N–C) groups is 1. The van der Waals surface area contributed by atoms with Crippen LogP contribution in [0.4, 0.5) is 0 Å². The monoisotopic (exact) mass is 284 g/mol. The Bertz CT molecular complexity index is 562. The van der Waals surface area contributed by atoms with Crippen molar-refractivity contribution in [3.05, 3.63) is 71.4 Å². The topological polar surface area (TPSA) is 25.2 Å². The molecule has 0 atom stereocenters. The molecule has 0 aliphatic heterocycles. The van der Waals surface area contributed by atoms with Gasteiger partial charge in [0, 0.05) is 24.4 Å². The summed E-state index contributed by atoms with van der Waals surface area (Å²) in [5.74, 6) is 0. The van der Waals surface area contributed by atoms with Gasteiger partial charge in [0.05, 0.1) is 5.69 Å². The van der Waals surface area contributed by atoms with Gasteiger partial charge in [0.1, 0.15) is 0 Å². The SMILES string of the molecule is C=C(C)Sc1ccccc1C.CN=Cc1ccccn1. The lowest BCUT2D eigenvalue weighted by atomic mass is 10.2. The van der Waals surface area contributed by atoms with Crippen molar-refractivity contribution in [2.24, 2.45) is 4.99 Å². The Morgan fingerprint density at radius 2 is 1.90 bits per heavy atom. The van der Waals surface area contributed by atoms with Crippen LogP contribution in [0.3, 0.4) is 0 Å². The van der Waals surface area contributed by atoms with E-state index in [4.69, 9.17) is 0 Å². The maximum absolute atomic E-state index is 4.02. The summed E-state index contributed by atoms with van der Waals surface area (Å²) in [4.78, 5) is 10.3. The van der Waals surface area contributed by atoms with Gasteiger partial charge in [-0.2, -0.15) is 0 Å². The highest BCUT2D eigenvalue weighted by Crippen LogP contribution is 2.27. The van der Waals surface area contributed by atoms with Crippen LogP contribution in [-0.4, -0.2) is 18.2 Å².